The number of aryl methyl sites for hydroxylation is 1. The lowest BCUT2D eigenvalue weighted by molar-refractivity contribution is 0.550. The van der Waals surface area contributed by atoms with E-state index in [1.807, 2.05) is 55.4 Å². The fourth-order valence-electron chi connectivity index (χ4n) is 2.33. The van der Waals surface area contributed by atoms with E-state index in [9.17, 15) is 0 Å². The fourth-order valence-corrected chi connectivity index (χ4v) is 2.33. The van der Waals surface area contributed by atoms with Gasteiger partial charge in [0, 0.05) is 0 Å². The number of nitrogens with one attached hydrogen (secondary N) is 1. The zero-order valence-corrected chi connectivity index (χ0v) is 24.6. The summed E-state index contributed by atoms with van der Waals surface area (Å²) in [5.41, 5.74) is 7.61. The second-order valence-corrected chi connectivity index (χ2v) is 6.66. The molecule has 2 aromatic heterocycles. The first-order chi connectivity index (χ1) is 16.6. The number of nitrogens with zero attached hydrogens (tertiary/aromatic N) is 3. The third-order valence-corrected chi connectivity index (χ3v) is 3.80. The van der Waals surface area contributed by atoms with Gasteiger partial charge in [-0.2, -0.15) is 5.10 Å². The van der Waals surface area contributed by atoms with Gasteiger partial charge in [0.25, 0.3) is 0 Å². The molecule has 35 heavy (non-hydrogen) atoms. The molecule has 0 unspecified atom stereocenters. The third kappa shape index (κ3) is 26.0. The largest absolute Gasteiger partial charge is 0.383 e. The zero-order valence-electron chi connectivity index (χ0n) is 24.6. The Bertz CT molecular complexity index is 709. The van der Waals surface area contributed by atoms with Crippen molar-refractivity contribution in [3.05, 3.63) is 48.4 Å². The van der Waals surface area contributed by atoms with Gasteiger partial charge in [0.2, 0.25) is 0 Å². The van der Waals surface area contributed by atoms with Crippen LogP contribution in [0.25, 0.3) is 11.0 Å². The molecule has 0 fully saturated rings. The molecule has 0 bridgehead atoms. The number of hydrogen-bond donors (Lipinski definition) is 2. The smallest absolute Gasteiger partial charge is 0.160 e. The van der Waals surface area contributed by atoms with Crippen molar-refractivity contribution in [1.82, 2.24) is 20.2 Å². The summed E-state index contributed by atoms with van der Waals surface area (Å²) in [6, 6.07) is 10.6. The predicted octanol–water partition coefficient (Wildman–Crippen LogP) is 10.1. The van der Waals surface area contributed by atoms with Crippen LogP contribution in [0.2, 0.25) is 0 Å². The molecule has 0 radical (unpaired) electrons. The van der Waals surface area contributed by atoms with E-state index in [4.69, 9.17) is 5.73 Å². The molecule has 5 nitrogen and oxygen atoms in total. The highest BCUT2D eigenvalue weighted by molar-refractivity contribution is 5.83. The molecule has 2 heterocycles. The van der Waals surface area contributed by atoms with Crippen LogP contribution in [-0.2, 0) is 6.42 Å². The molecule has 0 saturated heterocycles. The van der Waals surface area contributed by atoms with E-state index >= 15 is 0 Å². The van der Waals surface area contributed by atoms with Crippen LogP contribution in [0.3, 0.4) is 0 Å². The summed E-state index contributed by atoms with van der Waals surface area (Å²) in [7, 11) is 0. The minimum absolute atomic E-state index is 0. The first kappa shape index (κ1) is 42.7. The van der Waals surface area contributed by atoms with Gasteiger partial charge in [-0.15, -0.1) is 0 Å². The number of aromatic nitrogens is 4. The third-order valence-electron chi connectivity index (χ3n) is 3.80. The van der Waals surface area contributed by atoms with Crippen LogP contribution in [0.15, 0.2) is 42.9 Å². The van der Waals surface area contributed by atoms with Crippen molar-refractivity contribution < 1.29 is 0 Å². The maximum atomic E-state index is 5.49. The van der Waals surface area contributed by atoms with Crippen LogP contribution in [-0.4, -0.2) is 20.2 Å². The van der Waals surface area contributed by atoms with Gasteiger partial charge in [0.15, 0.2) is 5.65 Å². The number of hydrogen-bond acceptors (Lipinski definition) is 4. The number of nitrogens with two attached hydrogens (primary N) is 1. The van der Waals surface area contributed by atoms with Crippen LogP contribution >= 0.6 is 0 Å². The summed E-state index contributed by atoms with van der Waals surface area (Å²) >= 11 is 0. The highest BCUT2D eigenvalue weighted by Crippen LogP contribution is 2.11. The standard InChI is InChI=1S/C9H12.C7H16.C5H5N5.4C2H6.CH4/c1-2-6-9-7-4-3-5-8-9;1-4-5-6-7(2)3;6-4-3-1-9-10-5(3)8-2-7-4;4*1-2;/h3-5,7-8H,2,6H2,1H3;7H,4-6H2,1-3H3;1-2H,(H3,6,7,8,9,10);4*1-2H3;1H4. The molecule has 0 saturated carbocycles. The average Bonchev–Trinajstić information content (AvgIpc) is 3.40. The first-order valence-electron chi connectivity index (χ1n) is 13.5. The van der Waals surface area contributed by atoms with Gasteiger partial charge in [0.05, 0.1) is 11.6 Å². The normalized spacial score (nSPS) is 8.14. The second kappa shape index (κ2) is 36.1. The minimum Gasteiger partial charge on any atom is -0.383 e. The number of nitrogen functional groups attached to an aromatic ring is 1. The molecule has 0 spiro atoms. The minimum atomic E-state index is 0. The SMILES string of the molecule is C.CC.CC.CC.CC.CCCCC(C)C.CCCc1ccccc1.Nc1ncnc2[nH]ncc12. The van der Waals surface area contributed by atoms with Gasteiger partial charge in [0.1, 0.15) is 12.1 Å². The molecule has 0 aliphatic carbocycles. The van der Waals surface area contributed by atoms with E-state index in [2.05, 4.69) is 78.2 Å². The van der Waals surface area contributed by atoms with Crippen LogP contribution in [0.4, 0.5) is 5.82 Å². The van der Waals surface area contributed by atoms with Crippen molar-refractivity contribution in [3.8, 4) is 0 Å². The lowest BCUT2D eigenvalue weighted by atomic mass is 10.1. The highest BCUT2D eigenvalue weighted by Gasteiger charge is 1.98. The van der Waals surface area contributed by atoms with Gasteiger partial charge in [-0.1, -0.05) is 147 Å². The molecule has 5 heteroatoms. The maximum Gasteiger partial charge on any atom is 0.160 e. The van der Waals surface area contributed by atoms with Crippen LogP contribution in [0, 0.1) is 5.92 Å². The summed E-state index contributed by atoms with van der Waals surface area (Å²) in [4.78, 5) is 7.68. The van der Waals surface area contributed by atoms with E-state index in [0.29, 0.717) is 11.5 Å². The van der Waals surface area contributed by atoms with Gasteiger partial charge in [-0.05, 0) is 17.9 Å². The molecule has 1 aromatic carbocycles. The lowest BCUT2D eigenvalue weighted by Crippen LogP contribution is -1.90. The Morgan fingerprint density at radius 2 is 1.37 bits per heavy atom. The first-order valence-corrected chi connectivity index (χ1v) is 13.5. The van der Waals surface area contributed by atoms with Gasteiger partial charge < -0.3 is 5.73 Å². The molecular weight excluding hydrogens is 430 g/mol. The number of rotatable bonds is 5. The molecule has 0 amide bonds. The molecule has 3 rings (SSSR count). The summed E-state index contributed by atoms with van der Waals surface area (Å²) in [5, 5.41) is 7.20. The van der Waals surface area contributed by atoms with Crippen molar-refractivity contribution in [1.29, 1.82) is 0 Å². The van der Waals surface area contributed by atoms with Gasteiger partial charge in [-0.25, -0.2) is 9.97 Å². The Hall–Kier alpha value is -2.43. The fraction of sp³-hybridized carbons (Fsp3) is 0.633. The molecule has 0 aliphatic heterocycles. The summed E-state index contributed by atoms with van der Waals surface area (Å²) < 4.78 is 0. The highest BCUT2D eigenvalue weighted by atomic mass is 15.1. The van der Waals surface area contributed by atoms with E-state index in [1.54, 1.807) is 6.20 Å². The van der Waals surface area contributed by atoms with Crippen molar-refractivity contribution in [2.45, 2.75) is 123 Å². The lowest BCUT2D eigenvalue weighted by Gasteiger charge is -1.98. The van der Waals surface area contributed by atoms with Gasteiger partial charge >= 0.3 is 0 Å². The Labute approximate surface area is 219 Å². The van der Waals surface area contributed by atoms with Crippen molar-refractivity contribution >= 4 is 16.9 Å². The van der Waals surface area contributed by atoms with Crippen LogP contribution in [0.1, 0.15) is 122 Å². The molecule has 206 valence electrons. The van der Waals surface area contributed by atoms with E-state index in [0.717, 1.165) is 11.3 Å². The molecular formula is C30H61N5. The van der Waals surface area contributed by atoms with E-state index < -0.39 is 0 Å². The maximum absolute atomic E-state index is 5.49. The van der Waals surface area contributed by atoms with Crippen molar-refractivity contribution in [2.75, 3.05) is 5.73 Å². The Kier molecular flexibility index (Phi) is 44.1. The van der Waals surface area contributed by atoms with Crippen LogP contribution < -0.4 is 5.73 Å². The summed E-state index contributed by atoms with van der Waals surface area (Å²) in [6.07, 6.45) is 9.59. The number of fused-ring (bicyclic) bond motifs is 1. The van der Waals surface area contributed by atoms with Gasteiger partial charge in [-0.3, -0.25) is 5.10 Å². The Balaban J connectivity index is -0.000000112. The van der Waals surface area contributed by atoms with Crippen molar-refractivity contribution in [2.24, 2.45) is 5.92 Å². The molecule has 0 atom stereocenters. The number of unbranched alkanes of at least 4 members (excludes halogenated alkanes) is 1. The molecule has 3 aromatic rings. The average molecular weight is 492 g/mol. The summed E-state index contributed by atoms with van der Waals surface area (Å²) in [6.45, 7) is 25.0. The topological polar surface area (TPSA) is 80.5 Å². The Morgan fingerprint density at radius 3 is 1.77 bits per heavy atom. The summed E-state index contributed by atoms with van der Waals surface area (Å²) in [5.74, 6) is 1.36. The van der Waals surface area contributed by atoms with E-state index in [-0.39, 0.29) is 7.43 Å². The number of benzene rings is 1. The second-order valence-electron chi connectivity index (χ2n) is 6.66. The monoisotopic (exact) mass is 491 g/mol. The number of aromatic amines is 1. The molecule has 0 aliphatic rings. The zero-order chi connectivity index (χ0) is 27.2. The van der Waals surface area contributed by atoms with E-state index in [1.165, 1.54) is 44.0 Å². The number of H-pyrrole nitrogens is 1. The van der Waals surface area contributed by atoms with Crippen molar-refractivity contribution in [3.63, 3.8) is 0 Å². The quantitative estimate of drug-likeness (QED) is 0.372. The molecule has 3 N–H and O–H groups in total. The van der Waals surface area contributed by atoms with Crippen LogP contribution in [0.5, 0.6) is 0 Å². The number of anilines is 1. The predicted molar refractivity (Wildman–Crippen MR) is 163 cm³/mol. The Morgan fingerprint density at radius 1 is 0.829 bits per heavy atom.